The first kappa shape index (κ1) is 15.6. The molecule has 1 aromatic carbocycles. The molecule has 0 aliphatic carbocycles. The molecule has 0 aliphatic heterocycles. The van der Waals surface area contributed by atoms with E-state index in [1.165, 1.54) is 6.08 Å². The number of nitriles is 1. The van der Waals surface area contributed by atoms with Crippen molar-refractivity contribution in [1.29, 1.82) is 5.26 Å². The van der Waals surface area contributed by atoms with Gasteiger partial charge in [-0.05, 0) is 40.2 Å². The molecule has 1 aromatic heterocycles. The van der Waals surface area contributed by atoms with Crippen LogP contribution in [0.5, 0.6) is 0 Å². The van der Waals surface area contributed by atoms with E-state index in [1.54, 1.807) is 30.3 Å². The zero-order valence-corrected chi connectivity index (χ0v) is 13.5. The van der Waals surface area contributed by atoms with Gasteiger partial charge in [-0.2, -0.15) is 5.26 Å². The number of carbonyl (C=O) groups is 1. The number of anilines is 1. The van der Waals surface area contributed by atoms with Crippen LogP contribution in [-0.4, -0.2) is 5.91 Å². The van der Waals surface area contributed by atoms with Gasteiger partial charge in [-0.3, -0.25) is 4.79 Å². The van der Waals surface area contributed by atoms with Gasteiger partial charge >= 0.3 is 0 Å². The lowest BCUT2D eigenvalue weighted by atomic mass is 10.2. The average Bonchev–Trinajstić information content (AvgIpc) is 2.86. The number of halogens is 3. The summed E-state index contributed by atoms with van der Waals surface area (Å²) in [4.78, 5) is 12.1. The molecule has 0 spiro atoms. The lowest BCUT2D eigenvalue weighted by molar-refractivity contribution is -0.112. The largest absolute Gasteiger partial charge is 0.450 e. The number of rotatable bonds is 3. The normalized spacial score (nSPS) is 11.0. The molecule has 1 amide bonds. The van der Waals surface area contributed by atoms with Crippen molar-refractivity contribution in [3.63, 3.8) is 0 Å². The Morgan fingerprint density at radius 3 is 2.71 bits per heavy atom. The Morgan fingerprint density at radius 1 is 1.33 bits per heavy atom. The molecular weight excluding hydrogens is 379 g/mol. The standard InChI is InChI=1S/C14H7BrCl2N2O2/c15-12-5-4-9(21-12)6-8(7-18)14(20)19-11-3-1-2-10(16)13(11)17/h1-6H,(H,19,20)/b8-6-. The Morgan fingerprint density at radius 2 is 2.10 bits per heavy atom. The summed E-state index contributed by atoms with van der Waals surface area (Å²) in [6, 6.07) is 9.93. The zero-order valence-electron chi connectivity index (χ0n) is 10.4. The second-order valence-electron chi connectivity index (χ2n) is 3.87. The zero-order chi connectivity index (χ0) is 15.4. The van der Waals surface area contributed by atoms with E-state index in [2.05, 4.69) is 21.2 Å². The van der Waals surface area contributed by atoms with Gasteiger partial charge in [0.15, 0.2) is 4.67 Å². The minimum atomic E-state index is -0.603. The minimum absolute atomic E-state index is 0.118. The van der Waals surface area contributed by atoms with E-state index in [-0.39, 0.29) is 10.6 Å². The number of amides is 1. The van der Waals surface area contributed by atoms with Gasteiger partial charge in [-0.25, -0.2) is 0 Å². The van der Waals surface area contributed by atoms with Gasteiger partial charge < -0.3 is 9.73 Å². The van der Waals surface area contributed by atoms with Crippen LogP contribution in [0.1, 0.15) is 5.76 Å². The molecule has 1 heterocycles. The second kappa shape index (κ2) is 6.81. The molecule has 0 bridgehead atoms. The van der Waals surface area contributed by atoms with E-state index < -0.39 is 5.91 Å². The molecule has 21 heavy (non-hydrogen) atoms. The van der Waals surface area contributed by atoms with E-state index in [4.69, 9.17) is 32.9 Å². The average molecular weight is 386 g/mol. The van der Waals surface area contributed by atoms with Crippen molar-refractivity contribution in [1.82, 2.24) is 0 Å². The van der Waals surface area contributed by atoms with Crippen LogP contribution in [-0.2, 0) is 4.79 Å². The summed E-state index contributed by atoms with van der Waals surface area (Å²) in [6.45, 7) is 0. The molecule has 4 nitrogen and oxygen atoms in total. The first-order valence-corrected chi connectivity index (χ1v) is 7.18. The Kier molecular flexibility index (Phi) is 5.07. The quantitative estimate of drug-likeness (QED) is 0.603. The Hall–Kier alpha value is -1.74. The fourth-order valence-electron chi connectivity index (χ4n) is 1.49. The molecule has 7 heteroatoms. The summed E-state index contributed by atoms with van der Waals surface area (Å²) in [5.74, 6) is -0.222. The molecule has 2 rings (SSSR count). The highest BCUT2D eigenvalue weighted by Gasteiger charge is 2.13. The Bertz CT molecular complexity index is 763. The van der Waals surface area contributed by atoms with Gasteiger partial charge in [0, 0.05) is 6.08 Å². The predicted octanol–water partition coefficient (Wildman–Crippen LogP) is 4.89. The Labute approximate surface area is 139 Å². The molecule has 0 unspecified atom stereocenters. The van der Waals surface area contributed by atoms with Gasteiger partial charge in [-0.1, -0.05) is 29.3 Å². The van der Waals surface area contributed by atoms with Crippen LogP contribution < -0.4 is 5.32 Å². The number of hydrogen-bond acceptors (Lipinski definition) is 3. The number of carbonyl (C=O) groups excluding carboxylic acids is 1. The summed E-state index contributed by atoms with van der Waals surface area (Å²) in [5, 5.41) is 12.1. The third kappa shape index (κ3) is 3.88. The summed E-state index contributed by atoms with van der Waals surface area (Å²) >= 11 is 15.0. The molecule has 2 aromatic rings. The lowest BCUT2D eigenvalue weighted by Gasteiger charge is -2.07. The van der Waals surface area contributed by atoms with E-state index >= 15 is 0 Å². The van der Waals surface area contributed by atoms with Gasteiger partial charge in [0.05, 0.1) is 15.7 Å². The van der Waals surface area contributed by atoms with Gasteiger partial charge in [0.1, 0.15) is 17.4 Å². The summed E-state index contributed by atoms with van der Waals surface area (Å²) in [5.41, 5.74) is 0.212. The SMILES string of the molecule is N#C/C(=C/c1ccc(Br)o1)C(=O)Nc1cccc(Cl)c1Cl. The van der Waals surface area contributed by atoms with Gasteiger partial charge in [-0.15, -0.1) is 0 Å². The van der Waals surface area contributed by atoms with Crippen LogP contribution in [0, 0.1) is 11.3 Å². The second-order valence-corrected chi connectivity index (χ2v) is 5.43. The molecule has 0 radical (unpaired) electrons. The van der Waals surface area contributed by atoms with Crippen LogP contribution in [0.25, 0.3) is 6.08 Å². The smallest absolute Gasteiger partial charge is 0.266 e. The van der Waals surface area contributed by atoms with Crippen molar-refractivity contribution < 1.29 is 9.21 Å². The van der Waals surface area contributed by atoms with Crippen LogP contribution in [0.3, 0.4) is 0 Å². The number of furan rings is 1. The fraction of sp³-hybridized carbons (Fsp3) is 0. The molecule has 0 saturated heterocycles. The van der Waals surface area contributed by atoms with Crippen molar-refractivity contribution in [2.75, 3.05) is 5.32 Å². The first-order chi connectivity index (χ1) is 10.0. The number of nitrogens with zero attached hydrogens (tertiary/aromatic N) is 1. The highest BCUT2D eigenvalue weighted by atomic mass is 79.9. The highest BCUT2D eigenvalue weighted by molar-refractivity contribution is 9.10. The molecule has 0 fully saturated rings. The van der Waals surface area contributed by atoms with E-state index in [0.29, 0.717) is 21.1 Å². The van der Waals surface area contributed by atoms with Crippen molar-refractivity contribution in [2.45, 2.75) is 0 Å². The Balaban J connectivity index is 2.24. The minimum Gasteiger partial charge on any atom is -0.450 e. The number of benzene rings is 1. The van der Waals surface area contributed by atoms with Crippen molar-refractivity contribution in [2.24, 2.45) is 0 Å². The number of nitrogens with one attached hydrogen (secondary N) is 1. The molecule has 0 saturated carbocycles. The molecule has 106 valence electrons. The summed E-state index contributed by atoms with van der Waals surface area (Å²) in [6.07, 6.45) is 1.33. The van der Waals surface area contributed by atoms with E-state index in [0.717, 1.165) is 0 Å². The third-order valence-corrected chi connectivity index (χ3v) is 3.69. The maximum Gasteiger partial charge on any atom is 0.266 e. The maximum absolute atomic E-state index is 12.1. The van der Waals surface area contributed by atoms with Crippen LogP contribution in [0.15, 0.2) is 45.0 Å². The maximum atomic E-state index is 12.1. The summed E-state index contributed by atoms with van der Waals surface area (Å²) < 4.78 is 5.73. The predicted molar refractivity (Wildman–Crippen MR) is 85.1 cm³/mol. The lowest BCUT2D eigenvalue weighted by Crippen LogP contribution is -2.13. The van der Waals surface area contributed by atoms with Crippen LogP contribution in [0.2, 0.25) is 10.0 Å². The third-order valence-electron chi connectivity index (χ3n) is 2.45. The molecule has 0 atom stereocenters. The highest BCUT2D eigenvalue weighted by Crippen LogP contribution is 2.29. The van der Waals surface area contributed by atoms with Crippen molar-refractivity contribution >= 4 is 56.8 Å². The van der Waals surface area contributed by atoms with Crippen LogP contribution >= 0.6 is 39.1 Å². The topological polar surface area (TPSA) is 66.0 Å². The molecular formula is C14H7BrCl2N2O2. The molecule has 0 aliphatic rings. The number of hydrogen-bond donors (Lipinski definition) is 1. The van der Waals surface area contributed by atoms with Gasteiger partial charge in [0.25, 0.3) is 5.91 Å². The fourth-order valence-corrected chi connectivity index (χ4v) is 2.15. The van der Waals surface area contributed by atoms with Gasteiger partial charge in [0.2, 0.25) is 0 Å². The van der Waals surface area contributed by atoms with Crippen LogP contribution in [0.4, 0.5) is 5.69 Å². The van der Waals surface area contributed by atoms with Crippen molar-refractivity contribution in [3.05, 3.63) is 56.4 Å². The monoisotopic (exact) mass is 384 g/mol. The molecule has 1 N–H and O–H groups in total. The van der Waals surface area contributed by atoms with E-state index in [1.807, 2.05) is 6.07 Å². The summed E-state index contributed by atoms with van der Waals surface area (Å²) in [7, 11) is 0. The van der Waals surface area contributed by atoms with Crippen molar-refractivity contribution in [3.8, 4) is 6.07 Å². The first-order valence-electron chi connectivity index (χ1n) is 5.63. The van der Waals surface area contributed by atoms with E-state index in [9.17, 15) is 4.79 Å².